The number of nitrogens with two attached hydrogens (primary N) is 1. The molecule has 1 saturated heterocycles. The number of quaternary nitrogens is 1. The Bertz CT molecular complexity index is 1970. The van der Waals surface area contributed by atoms with Gasteiger partial charge in [-0.25, -0.2) is 24.9 Å². The second-order valence-electron chi connectivity index (χ2n) is 13.3. The molecule has 18 heteroatoms. The summed E-state index contributed by atoms with van der Waals surface area (Å²) in [6, 6.07) is 4.04. The Morgan fingerprint density at radius 2 is 1.49 bits per heavy atom. The summed E-state index contributed by atoms with van der Waals surface area (Å²) in [5.41, 5.74) is 3.10. The number of halogens is 6. The average molecular weight is 717 g/mol. The van der Waals surface area contributed by atoms with Gasteiger partial charge in [0, 0.05) is 54.9 Å². The number of pyridine rings is 2. The van der Waals surface area contributed by atoms with Gasteiger partial charge in [0.1, 0.15) is 30.0 Å². The van der Waals surface area contributed by atoms with E-state index < -0.39 is 63.6 Å². The number of hydrogen-bond acceptors (Lipinski definition) is 10. The number of likely N-dealkylation sites (tertiary alicyclic amines) is 1. The van der Waals surface area contributed by atoms with Crippen LogP contribution in [0.4, 0.5) is 36.8 Å². The highest BCUT2D eigenvalue weighted by Gasteiger charge is 2.73. The number of amides is 2. The second-order valence-corrected chi connectivity index (χ2v) is 13.3. The number of rotatable bonds is 7. The van der Waals surface area contributed by atoms with Crippen molar-refractivity contribution in [3.8, 4) is 22.5 Å². The molecule has 6 rings (SSSR count). The van der Waals surface area contributed by atoms with Crippen LogP contribution in [0.3, 0.4) is 0 Å². The Kier molecular flexibility index (Phi) is 9.03. The van der Waals surface area contributed by atoms with Crippen LogP contribution < -0.4 is 15.5 Å². The van der Waals surface area contributed by atoms with Gasteiger partial charge in [0.25, 0.3) is 5.91 Å². The summed E-state index contributed by atoms with van der Waals surface area (Å²) in [6.07, 6.45) is -5.89. The number of nitrogens with one attached hydrogen (secondary N) is 1. The van der Waals surface area contributed by atoms with Crippen molar-refractivity contribution in [2.75, 3.05) is 0 Å². The van der Waals surface area contributed by atoms with Gasteiger partial charge in [-0.2, -0.15) is 35.6 Å². The lowest BCUT2D eigenvalue weighted by Gasteiger charge is -2.39. The number of ether oxygens (including phenoxy) is 1. The summed E-state index contributed by atoms with van der Waals surface area (Å²) in [4.78, 5) is 52.1. The van der Waals surface area contributed by atoms with Crippen molar-refractivity contribution in [2.45, 2.75) is 76.7 Å². The van der Waals surface area contributed by atoms with Gasteiger partial charge < -0.3 is 15.8 Å². The highest BCUT2D eigenvalue weighted by atomic mass is 19.4. The van der Waals surface area contributed by atoms with Crippen LogP contribution in [0.5, 0.6) is 0 Å². The van der Waals surface area contributed by atoms with E-state index in [2.05, 4.69) is 35.2 Å². The lowest BCUT2D eigenvalue weighted by molar-refractivity contribution is -0.142. The van der Waals surface area contributed by atoms with Gasteiger partial charge in [0.15, 0.2) is 11.7 Å². The van der Waals surface area contributed by atoms with E-state index in [0.29, 0.717) is 12.1 Å². The van der Waals surface area contributed by atoms with Crippen LogP contribution in [0.25, 0.3) is 22.5 Å². The first-order valence-corrected chi connectivity index (χ1v) is 15.7. The fraction of sp³-hybridized carbons (Fsp3) is 0.394. The van der Waals surface area contributed by atoms with Crippen molar-refractivity contribution in [3.63, 3.8) is 0 Å². The molecule has 51 heavy (non-hydrogen) atoms. The van der Waals surface area contributed by atoms with E-state index >= 15 is 0 Å². The zero-order valence-corrected chi connectivity index (χ0v) is 27.5. The molecule has 0 spiro atoms. The highest BCUT2D eigenvalue weighted by molar-refractivity contribution is 5.96. The van der Waals surface area contributed by atoms with Gasteiger partial charge >= 0.3 is 18.4 Å². The molecule has 4 atom stereocenters. The summed E-state index contributed by atoms with van der Waals surface area (Å²) < 4.78 is 88.0. The van der Waals surface area contributed by atoms with Crippen LogP contribution >= 0.6 is 0 Å². The standard InChI is InChI=1S/C33H31F6N9O3/c1-31(2,3)51-30(50)48(25-8-19(13-42-28(25)33(37,38)39)23-9-20(11-40)44-15-47-23)24-6-18(24)7-26(48)29(49)43-14-21-10-22(46-16-45-21)17-4-5-27(41-12-17)32(34,35)36/h4-5,8-10,12-13,15-16,18,24,26H,6-7,11,14,40H2,1-3H3/p+1. The minimum atomic E-state index is -5.02. The van der Waals surface area contributed by atoms with Crippen molar-refractivity contribution in [3.05, 3.63) is 78.2 Å². The molecule has 1 saturated carbocycles. The SMILES string of the molecule is CC(C)(C)OC(=O)[N+]1(c2cc(-c3cc(CN)ncn3)cnc2C(F)(F)F)C(C(=O)NCc2cc(-c3ccc(C(F)(F)F)nc3)ncn2)CC2CC21. The smallest absolute Gasteiger partial charge is 0.414 e. The molecule has 4 unspecified atom stereocenters. The van der Waals surface area contributed by atoms with Gasteiger partial charge in [0.2, 0.25) is 5.69 Å². The van der Waals surface area contributed by atoms with Crippen molar-refractivity contribution < 1.29 is 40.7 Å². The maximum atomic E-state index is 14.8. The average Bonchev–Trinajstić information content (AvgIpc) is 3.77. The topological polar surface area (TPSA) is 159 Å². The van der Waals surface area contributed by atoms with Crippen LogP contribution in [0.15, 0.2) is 55.4 Å². The summed E-state index contributed by atoms with van der Waals surface area (Å²) >= 11 is 0. The molecule has 4 aromatic rings. The van der Waals surface area contributed by atoms with Crippen LogP contribution in [0.1, 0.15) is 56.4 Å². The zero-order chi connectivity index (χ0) is 36.9. The highest BCUT2D eigenvalue weighted by Crippen LogP contribution is 2.58. The predicted molar refractivity (Wildman–Crippen MR) is 169 cm³/mol. The Morgan fingerprint density at radius 3 is 2.10 bits per heavy atom. The van der Waals surface area contributed by atoms with Crippen LogP contribution in [0.2, 0.25) is 0 Å². The molecule has 4 aromatic heterocycles. The number of aromatic nitrogens is 6. The number of hydrogen-bond donors (Lipinski definition) is 2. The number of nitrogens with zero attached hydrogens (tertiary/aromatic N) is 7. The van der Waals surface area contributed by atoms with Crippen LogP contribution in [-0.2, 0) is 35.0 Å². The normalized spacial score (nSPS) is 21.6. The van der Waals surface area contributed by atoms with E-state index in [4.69, 9.17) is 10.5 Å². The number of alkyl halides is 6. The quantitative estimate of drug-likeness (QED) is 0.182. The van der Waals surface area contributed by atoms with E-state index in [-0.39, 0.29) is 53.6 Å². The van der Waals surface area contributed by atoms with Crippen molar-refractivity contribution >= 4 is 17.7 Å². The van der Waals surface area contributed by atoms with Crippen LogP contribution in [-0.4, -0.2) is 59.6 Å². The van der Waals surface area contributed by atoms with Crippen molar-refractivity contribution in [1.82, 2.24) is 39.7 Å². The summed E-state index contributed by atoms with van der Waals surface area (Å²) in [5, 5.41) is 2.70. The van der Waals surface area contributed by atoms with E-state index in [1.54, 1.807) is 20.8 Å². The van der Waals surface area contributed by atoms with Gasteiger partial charge in [-0.3, -0.25) is 9.78 Å². The monoisotopic (exact) mass is 716 g/mol. The van der Waals surface area contributed by atoms with Gasteiger partial charge in [-0.15, -0.1) is 0 Å². The molecule has 0 bridgehead atoms. The molecular weight excluding hydrogens is 684 g/mol. The zero-order valence-electron chi connectivity index (χ0n) is 27.5. The largest absolute Gasteiger partial charge is 0.522 e. The first-order valence-electron chi connectivity index (χ1n) is 15.7. The predicted octanol–water partition coefficient (Wildman–Crippen LogP) is 5.61. The molecule has 5 heterocycles. The number of carbonyl (C=O) groups is 2. The van der Waals surface area contributed by atoms with Gasteiger partial charge in [-0.05, 0) is 45.0 Å². The first kappa shape index (κ1) is 35.7. The maximum Gasteiger partial charge on any atom is 0.522 e. The maximum absolute atomic E-state index is 14.8. The van der Waals surface area contributed by atoms with Crippen molar-refractivity contribution in [1.29, 1.82) is 0 Å². The Balaban J connectivity index is 1.38. The molecule has 1 aliphatic carbocycles. The van der Waals surface area contributed by atoms with Crippen molar-refractivity contribution in [2.24, 2.45) is 11.7 Å². The van der Waals surface area contributed by atoms with E-state index in [0.717, 1.165) is 24.8 Å². The third-order valence-electron chi connectivity index (χ3n) is 8.70. The molecule has 2 amide bonds. The summed E-state index contributed by atoms with van der Waals surface area (Å²) in [5.74, 6) is -1.01. The summed E-state index contributed by atoms with van der Waals surface area (Å²) in [6.45, 7) is 4.52. The third-order valence-corrected chi connectivity index (χ3v) is 8.70. The molecule has 3 N–H and O–H groups in total. The molecule has 0 radical (unpaired) electrons. The third kappa shape index (κ3) is 7.10. The second kappa shape index (κ2) is 12.9. The van der Waals surface area contributed by atoms with Crippen LogP contribution in [0, 0.1) is 5.92 Å². The fourth-order valence-electron chi connectivity index (χ4n) is 6.43. The molecule has 268 valence electrons. The molecule has 2 aliphatic rings. The molecule has 2 fully saturated rings. The summed E-state index contributed by atoms with van der Waals surface area (Å²) in [7, 11) is 0. The van der Waals surface area contributed by atoms with E-state index in [1.807, 2.05) is 0 Å². The van der Waals surface area contributed by atoms with E-state index in [1.165, 1.54) is 30.6 Å². The molecule has 1 aliphatic heterocycles. The number of piperidine rings is 1. The van der Waals surface area contributed by atoms with Gasteiger partial charge in [-0.1, -0.05) is 0 Å². The number of fused-ring (bicyclic) bond motifs is 1. The lowest BCUT2D eigenvalue weighted by Crippen LogP contribution is -2.66. The molecular formula is C33H32F6N9O3+. The Morgan fingerprint density at radius 1 is 0.843 bits per heavy atom. The Hall–Kier alpha value is -5.10. The van der Waals surface area contributed by atoms with E-state index in [9.17, 15) is 35.9 Å². The number of carbonyl (C=O) groups excluding carboxylic acids is 2. The first-order chi connectivity index (χ1) is 23.9. The molecule has 0 aromatic carbocycles. The minimum Gasteiger partial charge on any atom is -0.414 e. The fourth-order valence-corrected chi connectivity index (χ4v) is 6.43. The molecule has 12 nitrogen and oxygen atoms in total. The lowest BCUT2D eigenvalue weighted by atomic mass is 10.0. The minimum absolute atomic E-state index is 0.0371. The van der Waals surface area contributed by atoms with Gasteiger partial charge in [0.05, 0.1) is 29.3 Å². The Labute approximate surface area is 287 Å².